The lowest BCUT2D eigenvalue weighted by Gasteiger charge is -2.29. The normalized spacial score (nSPS) is 14.3. The first-order valence-electron chi connectivity index (χ1n) is 7.13. The minimum absolute atomic E-state index is 0.0232. The summed E-state index contributed by atoms with van der Waals surface area (Å²) in [6.45, 7) is 10.9. The van der Waals surface area contributed by atoms with Crippen LogP contribution in [0.15, 0.2) is 0 Å². The second-order valence-electron chi connectivity index (χ2n) is 4.96. The molecule has 5 nitrogen and oxygen atoms in total. The smallest absolute Gasteiger partial charge is 0.374 e. The van der Waals surface area contributed by atoms with Gasteiger partial charge in [-0.15, -0.1) is 0 Å². The van der Waals surface area contributed by atoms with Crippen LogP contribution >= 0.6 is 15.9 Å². The lowest BCUT2D eigenvalue weighted by atomic mass is 10.0. The van der Waals surface area contributed by atoms with Crippen molar-refractivity contribution in [1.82, 2.24) is 0 Å². The van der Waals surface area contributed by atoms with Crippen LogP contribution in [0, 0.1) is 0 Å². The molecule has 0 aliphatic carbocycles. The van der Waals surface area contributed by atoms with Gasteiger partial charge in [0.05, 0.1) is 10.4 Å². The summed E-state index contributed by atoms with van der Waals surface area (Å²) in [5.41, 5.74) is 5.98. The highest BCUT2D eigenvalue weighted by atomic mass is 79.9. The van der Waals surface area contributed by atoms with E-state index < -0.39 is 19.2 Å². The Kier molecular flexibility index (Phi) is 9.37. The van der Waals surface area contributed by atoms with Crippen molar-refractivity contribution in [1.29, 1.82) is 0 Å². The summed E-state index contributed by atoms with van der Waals surface area (Å²) in [5, 5.41) is 0. The number of hydrogen-bond donors (Lipinski definition) is 1. The van der Waals surface area contributed by atoms with Gasteiger partial charge in [-0.05, 0) is 41.0 Å². The van der Waals surface area contributed by atoms with Crippen molar-refractivity contribution in [3.05, 3.63) is 0 Å². The Balaban J connectivity index is 4.70. The Morgan fingerprint density at radius 3 is 1.85 bits per heavy atom. The fraction of sp³-hybridized carbons (Fsp3) is 0.923. The highest BCUT2D eigenvalue weighted by Gasteiger charge is 2.41. The molecule has 0 rings (SSSR count). The summed E-state index contributed by atoms with van der Waals surface area (Å²) >= 11 is 3.35. The number of alkyl halides is 1. The third-order valence-corrected chi connectivity index (χ3v) is 6.25. The van der Waals surface area contributed by atoms with Crippen LogP contribution in [0.3, 0.4) is 0 Å². The number of ketones is 1. The minimum atomic E-state index is -2.71. The first kappa shape index (κ1) is 20.2. The summed E-state index contributed by atoms with van der Waals surface area (Å²) in [6.07, 6.45) is 0.500. The molecule has 0 amide bonds. The van der Waals surface area contributed by atoms with Gasteiger partial charge < -0.3 is 19.0 Å². The van der Waals surface area contributed by atoms with Crippen LogP contribution in [-0.4, -0.2) is 44.8 Å². The van der Waals surface area contributed by atoms with Gasteiger partial charge in [0.25, 0.3) is 0 Å². The molecule has 7 heteroatoms. The van der Waals surface area contributed by atoms with E-state index in [4.69, 9.17) is 19.0 Å². The summed E-state index contributed by atoms with van der Waals surface area (Å²) < 4.78 is 16.6. The molecule has 1 unspecified atom stereocenters. The van der Waals surface area contributed by atoms with Crippen molar-refractivity contribution < 1.29 is 18.1 Å². The molecule has 0 spiro atoms. The predicted molar refractivity (Wildman–Crippen MR) is 86.0 cm³/mol. The fourth-order valence-corrected chi connectivity index (χ4v) is 4.87. The predicted octanol–water partition coefficient (Wildman–Crippen LogP) is 2.49. The Labute approximate surface area is 132 Å². The number of halogens is 1. The first-order valence-corrected chi connectivity index (χ1v) is 9.85. The van der Waals surface area contributed by atoms with Gasteiger partial charge in [-0.3, -0.25) is 4.79 Å². The van der Waals surface area contributed by atoms with Crippen LogP contribution in [0.25, 0.3) is 0 Å². The molecule has 2 N–H and O–H groups in total. The van der Waals surface area contributed by atoms with E-state index >= 15 is 0 Å². The Hall–Kier alpha value is 0.207. The zero-order valence-electron chi connectivity index (χ0n) is 13.2. The van der Waals surface area contributed by atoms with E-state index in [0.29, 0.717) is 32.3 Å². The minimum Gasteiger partial charge on any atom is -0.374 e. The van der Waals surface area contributed by atoms with Crippen LogP contribution in [0.4, 0.5) is 0 Å². The number of Topliss-reactive ketones (excluding diaryl/α,β-unsaturated/α-hetero) is 1. The van der Waals surface area contributed by atoms with Crippen LogP contribution in [0.1, 0.15) is 41.0 Å². The third-order valence-electron chi connectivity index (χ3n) is 2.78. The number of hydrogen-bond acceptors (Lipinski definition) is 5. The molecule has 120 valence electrons. The van der Waals surface area contributed by atoms with Crippen molar-refractivity contribution >= 4 is 30.5 Å². The highest BCUT2D eigenvalue weighted by Crippen LogP contribution is 2.23. The van der Waals surface area contributed by atoms with Crippen LogP contribution < -0.4 is 5.73 Å². The number of carbonyl (C=O) groups excluding carboxylic acids is 1. The third kappa shape index (κ3) is 6.78. The van der Waals surface area contributed by atoms with Crippen LogP contribution in [0.2, 0.25) is 6.04 Å². The van der Waals surface area contributed by atoms with Crippen molar-refractivity contribution in [3.8, 4) is 0 Å². The first-order chi connectivity index (χ1) is 9.22. The second-order valence-corrected chi connectivity index (χ2v) is 9.68. The molecule has 0 aliphatic heterocycles. The van der Waals surface area contributed by atoms with E-state index in [0.717, 1.165) is 0 Å². The maximum absolute atomic E-state index is 12.1. The number of carbonyl (C=O) groups is 1. The topological polar surface area (TPSA) is 70.8 Å². The summed E-state index contributed by atoms with van der Waals surface area (Å²) in [4.78, 5) is 12.1. The van der Waals surface area contributed by atoms with Gasteiger partial charge >= 0.3 is 8.80 Å². The van der Waals surface area contributed by atoms with Crippen molar-refractivity contribution in [2.75, 3.05) is 19.8 Å². The van der Waals surface area contributed by atoms with E-state index in [9.17, 15) is 4.79 Å². The average Bonchev–Trinajstić information content (AvgIpc) is 2.35. The summed E-state index contributed by atoms with van der Waals surface area (Å²) in [5.74, 6) is -0.0232. The molecule has 0 aromatic carbocycles. The standard InChI is InChI=1S/C13H28BrNO4Si/c1-6-17-20(18-7-2,19-8-3)10-9-11(15)12(16)13(4,5)14/h11H,6-10,15H2,1-5H3. The Bertz CT molecular complexity index is 280. The van der Waals surface area contributed by atoms with Gasteiger partial charge in [0.2, 0.25) is 0 Å². The van der Waals surface area contributed by atoms with Gasteiger partial charge in [-0.2, -0.15) is 0 Å². The van der Waals surface area contributed by atoms with Gasteiger partial charge in [0, 0.05) is 25.9 Å². The Morgan fingerprint density at radius 1 is 1.15 bits per heavy atom. The number of rotatable bonds is 11. The lowest BCUT2D eigenvalue weighted by molar-refractivity contribution is -0.121. The van der Waals surface area contributed by atoms with E-state index in [1.54, 1.807) is 13.8 Å². The van der Waals surface area contributed by atoms with Crippen molar-refractivity contribution in [3.63, 3.8) is 0 Å². The lowest BCUT2D eigenvalue weighted by Crippen LogP contribution is -2.48. The molecular weight excluding hydrogens is 342 g/mol. The van der Waals surface area contributed by atoms with Gasteiger partial charge in [-0.1, -0.05) is 15.9 Å². The molecule has 0 heterocycles. The molecule has 20 heavy (non-hydrogen) atoms. The van der Waals surface area contributed by atoms with Gasteiger partial charge in [-0.25, -0.2) is 0 Å². The molecule has 0 bridgehead atoms. The van der Waals surface area contributed by atoms with Gasteiger partial charge in [0.15, 0.2) is 5.78 Å². The maximum atomic E-state index is 12.1. The molecule has 0 saturated carbocycles. The van der Waals surface area contributed by atoms with Gasteiger partial charge in [0.1, 0.15) is 0 Å². The van der Waals surface area contributed by atoms with Crippen LogP contribution in [0.5, 0.6) is 0 Å². The largest absolute Gasteiger partial charge is 0.500 e. The van der Waals surface area contributed by atoms with Crippen LogP contribution in [-0.2, 0) is 18.1 Å². The van der Waals surface area contributed by atoms with E-state index in [-0.39, 0.29) is 5.78 Å². The molecule has 1 atom stereocenters. The van der Waals surface area contributed by atoms with Crippen molar-refractivity contribution in [2.45, 2.75) is 57.4 Å². The SMILES string of the molecule is CCO[Si](CCC(N)C(=O)C(C)(C)Br)(OCC)OCC. The summed E-state index contributed by atoms with van der Waals surface area (Å²) in [7, 11) is -2.71. The molecule has 0 aromatic rings. The monoisotopic (exact) mass is 369 g/mol. The molecular formula is C13H28BrNO4Si. The molecule has 0 aromatic heterocycles. The Morgan fingerprint density at radius 2 is 1.55 bits per heavy atom. The quantitative estimate of drug-likeness (QED) is 0.447. The zero-order chi connectivity index (χ0) is 15.8. The van der Waals surface area contributed by atoms with E-state index in [2.05, 4.69) is 15.9 Å². The average molecular weight is 370 g/mol. The van der Waals surface area contributed by atoms with Crippen molar-refractivity contribution in [2.24, 2.45) is 5.73 Å². The van der Waals surface area contributed by atoms with E-state index in [1.165, 1.54) is 0 Å². The number of nitrogens with two attached hydrogens (primary N) is 1. The summed E-state index contributed by atoms with van der Waals surface area (Å²) in [6, 6.07) is 0.0102. The second kappa shape index (κ2) is 9.27. The zero-order valence-corrected chi connectivity index (χ0v) is 15.8. The molecule has 0 radical (unpaired) electrons. The molecule has 0 saturated heterocycles. The fourth-order valence-electron chi connectivity index (χ4n) is 1.91. The van der Waals surface area contributed by atoms with E-state index in [1.807, 2.05) is 20.8 Å². The molecule has 0 aliphatic rings. The molecule has 0 fully saturated rings. The highest BCUT2D eigenvalue weighted by molar-refractivity contribution is 9.10. The maximum Gasteiger partial charge on any atom is 0.500 e.